The van der Waals surface area contributed by atoms with Crippen molar-refractivity contribution in [1.82, 2.24) is 15.5 Å². The molecule has 1 amide bonds. The summed E-state index contributed by atoms with van der Waals surface area (Å²) in [5, 5.41) is 6.37. The van der Waals surface area contributed by atoms with E-state index in [1.54, 1.807) is 0 Å². The molecule has 0 radical (unpaired) electrons. The second-order valence-electron chi connectivity index (χ2n) is 5.34. The Morgan fingerprint density at radius 1 is 1.41 bits per heavy atom. The molecule has 2 N–H and O–H groups in total. The Labute approximate surface area is 104 Å². The highest BCUT2D eigenvalue weighted by atomic mass is 16.2. The SMILES string of the molecule is CC(C(=O)NCCCC1CC1)N1CCNCC1. The molecule has 17 heavy (non-hydrogen) atoms. The third-order valence-electron chi connectivity index (χ3n) is 3.86. The summed E-state index contributed by atoms with van der Waals surface area (Å²) in [6.07, 6.45) is 5.25. The molecule has 0 spiro atoms. The quantitative estimate of drug-likeness (QED) is 0.667. The largest absolute Gasteiger partial charge is 0.355 e. The van der Waals surface area contributed by atoms with Gasteiger partial charge in [0.2, 0.25) is 5.91 Å². The molecule has 1 unspecified atom stereocenters. The van der Waals surface area contributed by atoms with Gasteiger partial charge in [0, 0.05) is 32.7 Å². The number of nitrogens with one attached hydrogen (secondary N) is 2. The lowest BCUT2D eigenvalue weighted by Crippen LogP contribution is -2.52. The predicted molar refractivity (Wildman–Crippen MR) is 68.9 cm³/mol. The fraction of sp³-hybridized carbons (Fsp3) is 0.923. The normalized spacial score (nSPS) is 23.4. The maximum absolute atomic E-state index is 11.9. The van der Waals surface area contributed by atoms with Crippen LogP contribution in [0.3, 0.4) is 0 Å². The first-order chi connectivity index (χ1) is 8.27. The van der Waals surface area contributed by atoms with Gasteiger partial charge in [-0.15, -0.1) is 0 Å². The van der Waals surface area contributed by atoms with Gasteiger partial charge >= 0.3 is 0 Å². The number of carbonyl (C=O) groups excluding carboxylic acids is 1. The van der Waals surface area contributed by atoms with Gasteiger partial charge in [0.1, 0.15) is 0 Å². The summed E-state index contributed by atoms with van der Waals surface area (Å²) in [5.41, 5.74) is 0. The van der Waals surface area contributed by atoms with E-state index in [0.29, 0.717) is 0 Å². The van der Waals surface area contributed by atoms with Crippen LogP contribution in [0.15, 0.2) is 0 Å². The molecule has 4 nitrogen and oxygen atoms in total. The molecule has 1 aliphatic carbocycles. The molecule has 2 aliphatic rings. The highest BCUT2D eigenvalue weighted by Gasteiger charge is 2.23. The van der Waals surface area contributed by atoms with Crippen LogP contribution in [0.2, 0.25) is 0 Å². The molecule has 2 fully saturated rings. The van der Waals surface area contributed by atoms with E-state index >= 15 is 0 Å². The Balaban J connectivity index is 1.59. The molecule has 1 aliphatic heterocycles. The first-order valence-corrected chi connectivity index (χ1v) is 7.00. The Morgan fingerprint density at radius 3 is 2.76 bits per heavy atom. The van der Waals surface area contributed by atoms with E-state index in [0.717, 1.165) is 45.1 Å². The topological polar surface area (TPSA) is 44.4 Å². The summed E-state index contributed by atoms with van der Waals surface area (Å²) in [4.78, 5) is 14.2. The molecule has 0 aromatic rings. The van der Waals surface area contributed by atoms with Crippen molar-refractivity contribution >= 4 is 5.91 Å². The summed E-state index contributed by atoms with van der Waals surface area (Å²) in [7, 11) is 0. The van der Waals surface area contributed by atoms with E-state index in [9.17, 15) is 4.79 Å². The van der Waals surface area contributed by atoms with Gasteiger partial charge in [-0.1, -0.05) is 12.8 Å². The highest BCUT2D eigenvalue weighted by molar-refractivity contribution is 5.81. The monoisotopic (exact) mass is 239 g/mol. The van der Waals surface area contributed by atoms with E-state index in [2.05, 4.69) is 15.5 Å². The van der Waals surface area contributed by atoms with Gasteiger partial charge in [0.25, 0.3) is 0 Å². The van der Waals surface area contributed by atoms with E-state index in [1.807, 2.05) is 6.92 Å². The molecule has 2 rings (SSSR count). The van der Waals surface area contributed by atoms with Crippen molar-refractivity contribution in [3.05, 3.63) is 0 Å². The smallest absolute Gasteiger partial charge is 0.237 e. The zero-order valence-corrected chi connectivity index (χ0v) is 10.9. The van der Waals surface area contributed by atoms with Crippen molar-refractivity contribution in [2.24, 2.45) is 5.92 Å². The van der Waals surface area contributed by atoms with Crippen LogP contribution in [0.4, 0.5) is 0 Å². The number of hydrogen-bond donors (Lipinski definition) is 2. The molecule has 1 saturated carbocycles. The lowest BCUT2D eigenvalue weighted by molar-refractivity contribution is -0.126. The highest BCUT2D eigenvalue weighted by Crippen LogP contribution is 2.33. The van der Waals surface area contributed by atoms with Crippen molar-refractivity contribution < 1.29 is 4.79 Å². The average molecular weight is 239 g/mol. The minimum Gasteiger partial charge on any atom is -0.355 e. The summed E-state index contributed by atoms with van der Waals surface area (Å²) >= 11 is 0. The van der Waals surface area contributed by atoms with E-state index in [4.69, 9.17) is 0 Å². The van der Waals surface area contributed by atoms with Gasteiger partial charge in [-0.05, 0) is 25.7 Å². The van der Waals surface area contributed by atoms with Crippen LogP contribution in [0.25, 0.3) is 0 Å². The number of carbonyl (C=O) groups is 1. The first-order valence-electron chi connectivity index (χ1n) is 7.00. The number of piperazine rings is 1. The fourth-order valence-corrected chi connectivity index (χ4v) is 2.39. The first kappa shape index (κ1) is 12.8. The molecule has 1 saturated heterocycles. The van der Waals surface area contributed by atoms with Gasteiger partial charge in [-0.25, -0.2) is 0 Å². The zero-order chi connectivity index (χ0) is 12.1. The summed E-state index contributed by atoms with van der Waals surface area (Å²) in [5.74, 6) is 1.17. The van der Waals surface area contributed by atoms with Crippen LogP contribution in [-0.2, 0) is 4.79 Å². The van der Waals surface area contributed by atoms with Crippen molar-refractivity contribution in [1.29, 1.82) is 0 Å². The van der Waals surface area contributed by atoms with Crippen molar-refractivity contribution in [2.45, 2.75) is 38.6 Å². The second-order valence-corrected chi connectivity index (χ2v) is 5.34. The minimum atomic E-state index is 0.0259. The predicted octanol–water partition coefficient (Wildman–Crippen LogP) is 0.587. The minimum absolute atomic E-state index is 0.0259. The molecular formula is C13H25N3O. The van der Waals surface area contributed by atoms with Gasteiger partial charge < -0.3 is 10.6 Å². The average Bonchev–Trinajstić information content (AvgIpc) is 3.18. The van der Waals surface area contributed by atoms with E-state index in [1.165, 1.54) is 19.3 Å². The summed E-state index contributed by atoms with van der Waals surface area (Å²) in [6, 6.07) is 0.0259. The van der Waals surface area contributed by atoms with Crippen LogP contribution in [0.1, 0.15) is 32.6 Å². The fourth-order valence-electron chi connectivity index (χ4n) is 2.39. The van der Waals surface area contributed by atoms with Crippen LogP contribution < -0.4 is 10.6 Å². The Kier molecular flexibility index (Phi) is 4.80. The van der Waals surface area contributed by atoms with Gasteiger partial charge in [-0.3, -0.25) is 9.69 Å². The Hall–Kier alpha value is -0.610. The standard InChI is InChI=1S/C13H25N3O/c1-11(16-9-7-14-8-10-16)13(17)15-6-2-3-12-4-5-12/h11-12,14H,2-10H2,1H3,(H,15,17). The Bertz CT molecular complexity index is 247. The molecule has 0 aromatic carbocycles. The molecule has 4 heteroatoms. The van der Waals surface area contributed by atoms with Crippen LogP contribution >= 0.6 is 0 Å². The maximum atomic E-state index is 11.9. The number of nitrogens with zero attached hydrogens (tertiary/aromatic N) is 1. The van der Waals surface area contributed by atoms with Gasteiger partial charge in [0.05, 0.1) is 6.04 Å². The van der Waals surface area contributed by atoms with Crippen molar-refractivity contribution in [3.63, 3.8) is 0 Å². The van der Waals surface area contributed by atoms with E-state index in [-0.39, 0.29) is 11.9 Å². The summed E-state index contributed by atoms with van der Waals surface area (Å²) < 4.78 is 0. The zero-order valence-electron chi connectivity index (χ0n) is 10.9. The number of rotatable bonds is 6. The van der Waals surface area contributed by atoms with E-state index < -0.39 is 0 Å². The second kappa shape index (κ2) is 6.36. The maximum Gasteiger partial charge on any atom is 0.237 e. The van der Waals surface area contributed by atoms with Gasteiger partial charge in [0.15, 0.2) is 0 Å². The third kappa shape index (κ3) is 4.28. The molecule has 1 atom stereocenters. The van der Waals surface area contributed by atoms with Gasteiger partial charge in [-0.2, -0.15) is 0 Å². The van der Waals surface area contributed by atoms with Crippen LogP contribution in [-0.4, -0.2) is 49.6 Å². The lowest BCUT2D eigenvalue weighted by atomic mass is 10.2. The lowest BCUT2D eigenvalue weighted by Gasteiger charge is -2.31. The van der Waals surface area contributed by atoms with Crippen LogP contribution in [0.5, 0.6) is 0 Å². The van der Waals surface area contributed by atoms with Crippen molar-refractivity contribution in [3.8, 4) is 0 Å². The molecule has 98 valence electrons. The molecule has 0 bridgehead atoms. The number of amides is 1. The third-order valence-corrected chi connectivity index (χ3v) is 3.86. The Morgan fingerprint density at radius 2 is 2.12 bits per heavy atom. The molecule has 1 heterocycles. The summed E-state index contributed by atoms with van der Waals surface area (Å²) in [6.45, 7) is 6.83. The van der Waals surface area contributed by atoms with Crippen molar-refractivity contribution in [2.75, 3.05) is 32.7 Å². The van der Waals surface area contributed by atoms with Crippen LogP contribution in [0, 0.1) is 5.92 Å². The number of hydrogen-bond acceptors (Lipinski definition) is 3. The molecule has 0 aromatic heterocycles. The molecular weight excluding hydrogens is 214 g/mol.